The van der Waals surface area contributed by atoms with Gasteiger partial charge in [-0.2, -0.15) is 5.26 Å². The largest absolute Gasteiger partial charge is 0.383 e. The minimum Gasteiger partial charge on any atom is -0.383 e. The summed E-state index contributed by atoms with van der Waals surface area (Å²) in [7, 11) is 1.73. The van der Waals surface area contributed by atoms with Gasteiger partial charge >= 0.3 is 0 Å². The second-order valence-electron chi connectivity index (χ2n) is 9.71. The molecule has 0 amide bonds. The van der Waals surface area contributed by atoms with Gasteiger partial charge in [0.25, 0.3) is 0 Å². The molecule has 34 heavy (non-hydrogen) atoms. The van der Waals surface area contributed by atoms with Crippen LogP contribution in [0.4, 0.5) is 15.9 Å². The zero-order valence-electron chi connectivity index (χ0n) is 19.8. The summed E-state index contributed by atoms with van der Waals surface area (Å²) in [5.74, 6) is 0.426. The lowest BCUT2D eigenvalue weighted by molar-refractivity contribution is 0.161. The van der Waals surface area contributed by atoms with Crippen LogP contribution in [-0.4, -0.2) is 43.4 Å². The van der Waals surface area contributed by atoms with Crippen LogP contribution in [0.5, 0.6) is 0 Å². The van der Waals surface area contributed by atoms with Crippen molar-refractivity contribution in [2.45, 2.75) is 63.6 Å². The van der Waals surface area contributed by atoms with Gasteiger partial charge in [-0.05, 0) is 69.2 Å². The number of nitriles is 1. The Kier molecular flexibility index (Phi) is 7.92. The second-order valence-corrected chi connectivity index (χ2v) is 10.1. The quantitative estimate of drug-likeness (QED) is 0.406. The first-order valence-corrected chi connectivity index (χ1v) is 12.4. The molecule has 3 N–H and O–H groups in total. The number of benzene rings is 1. The fourth-order valence-electron chi connectivity index (χ4n) is 4.62. The van der Waals surface area contributed by atoms with E-state index < -0.39 is 0 Å². The maximum atomic E-state index is 14.4. The molecule has 0 aliphatic heterocycles. The molecular weight excluding hydrogens is 453 g/mol. The number of halogens is 2. The Balaban J connectivity index is 1.40. The second kappa shape index (κ2) is 10.9. The number of nitrogens with one attached hydrogen (secondary N) is 3. The van der Waals surface area contributed by atoms with Crippen LogP contribution in [0.25, 0.3) is 11.1 Å². The summed E-state index contributed by atoms with van der Waals surface area (Å²) in [6.45, 7) is 3.31. The molecule has 1 aromatic heterocycles. The Morgan fingerprint density at radius 3 is 2.65 bits per heavy atom. The Labute approximate surface area is 206 Å². The first kappa shape index (κ1) is 24.7. The predicted octanol–water partition coefficient (Wildman–Crippen LogP) is 5.60. The van der Waals surface area contributed by atoms with Crippen LogP contribution in [0.2, 0.25) is 5.02 Å². The van der Waals surface area contributed by atoms with Gasteiger partial charge < -0.3 is 20.7 Å². The van der Waals surface area contributed by atoms with E-state index in [-0.39, 0.29) is 11.2 Å². The van der Waals surface area contributed by atoms with E-state index in [0.29, 0.717) is 35.4 Å². The molecular formula is C26H33ClFN5O. The third-order valence-electron chi connectivity index (χ3n) is 6.86. The standard InChI is InChI=1S/C26H33ClFN5O/c1-17(14-34-2)32-19-4-6-20(7-5-19)33-25-12-21(22(27)13-30-25)18-3-8-23(28)24(11-18)31-16-26(15-29)9-10-26/h3,8,11-13,17,19-20,31-32H,4-7,9-10,14,16H2,1-2H3,(H,30,33). The van der Waals surface area contributed by atoms with Crippen molar-refractivity contribution in [1.29, 1.82) is 5.26 Å². The van der Waals surface area contributed by atoms with Gasteiger partial charge in [-0.25, -0.2) is 9.37 Å². The van der Waals surface area contributed by atoms with E-state index in [1.165, 1.54) is 6.07 Å². The SMILES string of the molecule is COCC(C)NC1CCC(Nc2cc(-c3ccc(F)c(NCC4(C#N)CC4)c3)c(Cl)cn2)CC1. The highest BCUT2D eigenvalue weighted by atomic mass is 35.5. The average molecular weight is 486 g/mol. The number of ether oxygens (including phenoxy) is 1. The van der Waals surface area contributed by atoms with Crippen LogP contribution in [-0.2, 0) is 4.74 Å². The maximum Gasteiger partial charge on any atom is 0.146 e. The monoisotopic (exact) mass is 485 g/mol. The van der Waals surface area contributed by atoms with Crippen molar-refractivity contribution in [3.8, 4) is 17.2 Å². The number of methoxy groups -OCH3 is 1. The van der Waals surface area contributed by atoms with Gasteiger partial charge in [-0.1, -0.05) is 17.7 Å². The third-order valence-corrected chi connectivity index (χ3v) is 7.16. The van der Waals surface area contributed by atoms with Crippen molar-refractivity contribution >= 4 is 23.1 Å². The zero-order valence-corrected chi connectivity index (χ0v) is 20.6. The number of hydrogen-bond acceptors (Lipinski definition) is 6. The number of pyridine rings is 1. The molecule has 8 heteroatoms. The molecule has 0 spiro atoms. The van der Waals surface area contributed by atoms with Crippen molar-refractivity contribution in [3.63, 3.8) is 0 Å². The fourth-order valence-corrected chi connectivity index (χ4v) is 4.84. The number of anilines is 2. The average Bonchev–Trinajstić information content (AvgIpc) is 3.62. The fraction of sp³-hybridized carbons (Fsp3) is 0.538. The number of hydrogen-bond donors (Lipinski definition) is 3. The first-order valence-electron chi connectivity index (χ1n) is 12.0. The van der Waals surface area contributed by atoms with Crippen LogP contribution < -0.4 is 16.0 Å². The van der Waals surface area contributed by atoms with Crippen LogP contribution in [0.15, 0.2) is 30.5 Å². The molecule has 1 aromatic carbocycles. The summed E-state index contributed by atoms with van der Waals surface area (Å²) in [5, 5.41) is 20.1. The number of nitrogens with zero attached hydrogens (tertiary/aromatic N) is 2. The van der Waals surface area contributed by atoms with Gasteiger partial charge in [0.05, 0.1) is 28.8 Å². The Morgan fingerprint density at radius 1 is 1.24 bits per heavy atom. The lowest BCUT2D eigenvalue weighted by Gasteiger charge is -2.32. The van der Waals surface area contributed by atoms with Crippen molar-refractivity contribution < 1.29 is 9.13 Å². The van der Waals surface area contributed by atoms with Gasteiger partial charge in [-0.15, -0.1) is 0 Å². The van der Waals surface area contributed by atoms with Gasteiger partial charge in [0.15, 0.2) is 0 Å². The summed E-state index contributed by atoms with van der Waals surface area (Å²) >= 11 is 6.47. The summed E-state index contributed by atoms with van der Waals surface area (Å²) in [4.78, 5) is 4.48. The first-order chi connectivity index (χ1) is 16.4. The normalized spacial score (nSPS) is 22.0. The number of aromatic nitrogens is 1. The molecule has 0 bridgehead atoms. The van der Waals surface area contributed by atoms with E-state index in [9.17, 15) is 9.65 Å². The number of rotatable bonds is 10. The highest BCUT2D eigenvalue weighted by Crippen LogP contribution is 2.45. The van der Waals surface area contributed by atoms with Crippen LogP contribution in [0, 0.1) is 22.6 Å². The van der Waals surface area contributed by atoms with Crippen LogP contribution >= 0.6 is 11.6 Å². The third kappa shape index (κ3) is 6.18. The van der Waals surface area contributed by atoms with Gasteiger partial charge in [0.2, 0.25) is 0 Å². The van der Waals surface area contributed by atoms with Gasteiger partial charge in [0.1, 0.15) is 11.6 Å². The van der Waals surface area contributed by atoms with E-state index in [2.05, 4.69) is 33.9 Å². The van der Waals surface area contributed by atoms with Crippen molar-refractivity contribution in [1.82, 2.24) is 10.3 Å². The lowest BCUT2D eigenvalue weighted by Crippen LogP contribution is -2.42. The van der Waals surface area contributed by atoms with Gasteiger partial charge in [0, 0.05) is 43.5 Å². The lowest BCUT2D eigenvalue weighted by atomic mass is 9.90. The van der Waals surface area contributed by atoms with Crippen molar-refractivity contribution in [2.75, 3.05) is 30.9 Å². The molecule has 2 aliphatic rings. The van der Waals surface area contributed by atoms with Crippen molar-refractivity contribution in [2.24, 2.45) is 5.41 Å². The molecule has 0 radical (unpaired) electrons. The highest BCUT2D eigenvalue weighted by Gasteiger charge is 2.43. The predicted molar refractivity (Wildman–Crippen MR) is 135 cm³/mol. The summed E-state index contributed by atoms with van der Waals surface area (Å²) in [6, 6.07) is 10.4. The van der Waals surface area contributed by atoms with E-state index in [0.717, 1.165) is 62.1 Å². The highest BCUT2D eigenvalue weighted by molar-refractivity contribution is 6.33. The van der Waals surface area contributed by atoms with E-state index in [1.807, 2.05) is 6.07 Å². The molecule has 2 aliphatic carbocycles. The van der Waals surface area contributed by atoms with Crippen LogP contribution in [0.3, 0.4) is 0 Å². The molecule has 1 heterocycles. The van der Waals surface area contributed by atoms with Gasteiger partial charge in [-0.3, -0.25) is 0 Å². The Bertz CT molecular complexity index is 1030. The molecule has 182 valence electrons. The molecule has 2 aromatic rings. The smallest absolute Gasteiger partial charge is 0.146 e. The Hall–Kier alpha value is -2.40. The molecule has 6 nitrogen and oxygen atoms in total. The molecule has 1 atom stereocenters. The molecule has 4 rings (SSSR count). The van der Waals surface area contributed by atoms with Crippen LogP contribution in [0.1, 0.15) is 45.4 Å². The van der Waals surface area contributed by atoms with E-state index in [1.54, 1.807) is 25.4 Å². The topological polar surface area (TPSA) is 82.0 Å². The minimum absolute atomic E-state index is 0.341. The molecule has 1 unspecified atom stereocenters. The summed E-state index contributed by atoms with van der Waals surface area (Å²) in [5.41, 5.74) is 1.63. The molecule has 2 saturated carbocycles. The minimum atomic E-state index is -0.357. The van der Waals surface area contributed by atoms with E-state index in [4.69, 9.17) is 16.3 Å². The van der Waals surface area contributed by atoms with E-state index >= 15 is 0 Å². The molecule has 0 saturated heterocycles. The maximum absolute atomic E-state index is 14.4. The van der Waals surface area contributed by atoms with Crippen molar-refractivity contribution in [3.05, 3.63) is 41.3 Å². The summed E-state index contributed by atoms with van der Waals surface area (Å²) < 4.78 is 19.6. The zero-order chi connectivity index (χ0) is 24.1. The Morgan fingerprint density at radius 2 is 1.97 bits per heavy atom. The summed E-state index contributed by atoms with van der Waals surface area (Å²) in [6.07, 6.45) is 7.67. The molecule has 2 fully saturated rings.